The summed E-state index contributed by atoms with van der Waals surface area (Å²) in [5.74, 6) is -0.508. The van der Waals surface area contributed by atoms with Crippen LogP contribution < -0.4 is 4.74 Å². The Morgan fingerprint density at radius 3 is 2.09 bits per heavy atom. The first kappa shape index (κ1) is 31.3. The number of methoxy groups -OCH3 is 1. The number of likely N-dealkylation sites (tertiary alicyclic amines) is 1. The van der Waals surface area contributed by atoms with Gasteiger partial charge in [0.2, 0.25) is 0 Å². The lowest BCUT2D eigenvalue weighted by Gasteiger charge is -2.33. The van der Waals surface area contributed by atoms with Gasteiger partial charge in [-0.1, -0.05) is 78.3 Å². The van der Waals surface area contributed by atoms with Crippen molar-refractivity contribution < 1.29 is 27.5 Å². The molecule has 0 bridgehead atoms. The van der Waals surface area contributed by atoms with E-state index in [2.05, 4.69) is 0 Å². The Hall–Kier alpha value is -4.14. The minimum atomic E-state index is -4.04. The van der Waals surface area contributed by atoms with Crippen molar-refractivity contribution in [2.45, 2.75) is 55.0 Å². The third-order valence-corrected chi connectivity index (χ3v) is 10.1. The average molecular weight is 632 g/mol. The van der Waals surface area contributed by atoms with E-state index < -0.39 is 44.6 Å². The van der Waals surface area contributed by atoms with E-state index in [4.69, 9.17) is 21.1 Å². The van der Waals surface area contributed by atoms with Crippen molar-refractivity contribution >= 4 is 33.3 Å². The summed E-state index contributed by atoms with van der Waals surface area (Å²) in [6, 6.07) is 27.1. The molecule has 1 fully saturated rings. The van der Waals surface area contributed by atoms with E-state index in [1.165, 1.54) is 17.0 Å². The lowest BCUT2D eigenvalue weighted by atomic mass is 10.0. The predicted molar refractivity (Wildman–Crippen MR) is 170 cm³/mol. The van der Waals surface area contributed by atoms with Crippen LogP contribution in [0.1, 0.15) is 49.2 Å². The topological polar surface area (TPSA) is 90.0 Å². The fraction of sp³-hybridized carbons (Fsp3) is 0.257. The normalized spacial score (nSPS) is 18.6. The summed E-state index contributed by atoms with van der Waals surface area (Å²) in [4.78, 5) is 29.6. The monoisotopic (exact) mass is 631 g/mol. The molecule has 3 atom stereocenters. The van der Waals surface area contributed by atoms with E-state index in [1.807, 2.05) is 24.3 Å². The third kappa shape index (κ3) is 6.23. The Balaban J connectivity index is 1.64. The molecule has 7 nitrogen and oxygen atoms in total. The lowest BCUT2D eigenvalue weighted by Crippen LogP contribution is -2.45. The van der Waals surface area contributed by atoms with E-state index in [0.717, 1.165) is 11.1 Å². The van der Waals surface area contributed by atoms with Crippen LogP contribution in [0.4, 0.5) is 0 Å². The Morgan fingerprint density at radius 2 is 1.45 bits per heavy atom. The van der Waals surface area contributed by atoms with Gasteiger partial charge in [0.25, 0.3) is 5.91 Å². The number of halogens is 1. The van der Waals surface area contributed by atoms with Crippen LogP contribution in [0.25, 0.3) is 11.1 Å². The van der Waals surface area contributed by atoms with E-state index in [1.54, 1.807) is 94.6 Å². The number of para-hydroxylation sites is 1. The van der Waals surface area contributed by atoms with Gasteiger partial charge in [-0.3, -0.25) is 4.79 Å². The molecule has 44 heavy (non-hydrogen) atoms. The van der Waals surface area contributed by atoms with Crippen molar-refractivity contribution in [1.29, 1.82) is 0 Å². The number of rotatable bonds is 7. The van der Waals surface area contributed by atoms with Gasteiger partial charge in [-0.25, -0.2) is 13.2 Å². The van der Waals surface area contributed by atoms with E-state index in [0.29, 0.717) is 16.3 Å². The summed E-state index contributed by atoms with van der Waals surface area (Å²) in [5, 5.41) is -0.876. The van der Waals surface area contributed by atoms with Crippen LogP contribution in [0.2, 0.25) is 5.02 Å². The fourth-order valence-electron chi connectivity index (χ4n) is 5.65. The summed E-state index contributed by atoms with van der Waals surface area (Å²) < 4.78 is 39.7. The van der Waals surface area contributed by atoms with Crippen LogP contribution in [0.3, 0.4) is 0 Å². The molecule has 1 unspecified atom stereocenters. The summed E-state index contributed by atoms with van der Waals surface area (Å²) in [5.41, 5.74) is 1.54. The second-order valence-electron chi connectivity index (χ2n) is 11.6. The van der Waals surface area contributed by atoms with Crippen molar-refractivity contribution in [1.82, 2.24) is 4.90 Å². The van der Waals surface area contributed by atoms with Crippen molar-refractivity contribution in [2.75, 3.05) is 7.11 Å². The van der Waals surface area contributed by atoms with Crippen LogP contribution in [-0.2, 0) is 19.4 Å². The molecule has 1 amide bonds. The number of carbonyl (C=O) groups is 2. The number of ether oxygens (including phenoxy) is 2. The highest BCUT2D eigenvalue weighted by Crippen LogP contribution is 2.46. The molecule has 1 saturated heterocycles. The van der Waals surface area contributed by atoms with Gasteiger partial charge in [-0.15, -0.1) is 0 Å². The standard InChI is InChI=1S/C35H34ClNO6S/c1-35(2,3)43-34(39)29-22-31(44(40,41)25-12-6-5-7-13-25)32(27-15-8-10-16-28(27)36)37(29)33(38)24-20-18-23(19-21-24)26-14-9-11-17-30(26)42-4/h5-21,29,31-32H,22H2,1-4H3/t29?,31-,32-/m0/s1. The van der Waals surface area contributed by atoms with E-state index >= 15 is 0 Å². The number of nitrogens with zero attached hydrogens (tertiary/aromatic N) is 1. The SMILES string of the molecule is COc1ccccc1-c1ccc(C(=O)N2C(C(=O)OC(C)(C)C)C[C@H](S(=O)(=O)c3ccccc3)[C@@H]2c2ccccc2Cl)cc1. The molecule has 0 saturated carbocycles. The van der Waals surface area contributed by atoms with Crippen molar-refractivity contribution in [3.05, 3.63) is 119 Å². The highest BCUT2D eigenvalue weighted by molar-refractivity contribution is 7.92. The Bertz CT molecular complexity index is 1770. The first-order chi connectivity index (χ1) is 20.9. The van der Waals surface area contributed by atoms with Crippen LogP contribution in [0, 0.1) is 0 Å². The molecular formula is C35H34ClNO6S. The van der Waals surface area contributed by atoms with Gasteiger partial charge >= 0.3 is 5.97 Å². The zero-order valence-electron chi connectivity index (χ0n) is 24.9. The smallest absolute Gasteiger partial charge is 0.329 e. The number of hydrogen-bond donors (Lipinski definition) is 0. The summed E-state index contributed by atoms with van der Waals surface area (Å²) in [6.45, 7) is 5.19. The first-order valence-corrected chi connectivity index (χ1v) is 16.2. The maximum absolute atomic E-state index is 14.5. The van der Waals surface area contributed by atoms with Crippen molar-refractivity contribution in [3.63, 3.8) is 0 Å². The molecule has 0 radical (unpaired) electrons. The van der Waals surface area contributed by atoms with Gasteiger partial charge in [0, 0.05) is 16.1 Å². The summed E-state index contributed by atoms with van der Waals surface area (Å²) >= 11 is 6.67. The molecule has 0 aliphatic carbocycles. The number of benzene rings is 4. The Labute approximate surface area is 263 Å². The van der Waals surface area contributed by atoms with Crippen molar-refractivity contribution in [3.8, 4) is 16.9 Å². The number of esters is 1. The zero-order valence-corrected chi connectivity index (χ0v) is 26.5. The third-order valence-electron chi connectivity index (χ3n) is 7.60. The molecule has 1 aliphatic rings. The molecule has 228 valence electrons. The lowest BCUT2D eigenvalue weighted by molar-refractivity contribution is -0.159. The molecule has 1 heterocycles. The molecule has 0 aromatic heterocycles. The maximum Gasteiger partial charge on any atom is 0.329 e. The number of amides is 1. The number of carbonyl (C=O) groups excluding carboxylic acids is 2. The first-order valence-electron chi connectivity index (χ1n) is 14.2. The molecule has 4 aromatic carbocycles. The van der Waals surface area contributed by atoms with E-state index in [9.17, 15) is 18.0 Å². The zero-order chi connectivity index (χ0) is 31.6. The molecule has 4 aromatic rings. The van der Waals surface area contributed by atoms with E-state index in [-0.39, 0.29) is 16.9 Å². The fourth-order valence-corrected chi connectivity index (χ4v) is 7.84. The molecule has 1 aliphatic heterocycles. The Kier molecular flexibility index (Phi) is 8.86. The van der Waals surface area contributed by atoms with Gasteiger partial charge in [0.05, 0.1) is 23.3 Å². The minimum Gasteiger partial charge on any atom is -0.496 e. The van der Waals surface area contributed by atoms with Crippen LogP contribution in [0.15, 0.2) is 108 Å². The van der Waals surface area contributed by atoms with Crippen LogP contribution in [0.5, 0.6) is 5.75 Å². The van der Waals surface area contributed by atoms with Crippen LogP contribution in [-0.4, -0.2) is 49.2 Å². The second-order valence-corrected chi connectivity index (χ2v) is 14.2. The van der Waals surface area contributed by atoms with Gasteiger partial charge in [-0.05, 0) is 74.7 Å². The quantitative estimate of drug-likeness (QED) is 0.201. The average Bonchev–Trinajstić information content (AvgIpc) is 3.42. The highest BCUT2D eigenvalue weighted by atomic mass is 35.5. The van der Waals surface area contributed by atoms with Crippen LogP contribution >= 0.6 is 11.6 Å². The van der Waals surface area contributed by atoms with Gasteiger partial charge in [-0.2, -0.15) is 0 Å². The number of sulfone groups is 1. The maximum atomic E-state index is 14.5. The largest absolute Gasteiger partial charge is 0.496 e. The van der Waals surface area contributed by atoms with Crippen molar-refractivity contribution in [2.24, 2.45) is 0 Å². The number of hydrogen-bond acceptors (Lipinski definition) is 6. The molecule has 0 N–H and O–H groups in total. The molecule has 0 spiro atoms. The predicted octanol–water partition coefficient (Wildman–Crippen LogP) is 7.16. The highest BCUT2D eigenvalue weighted by Gasteiger charge is 2.54. The molecule has 5 rings (SSSR count). The minimum absolute atomic E-state index is 0.0976. The van der Waals surface area contributed by atoms with Gasteiger partial charge in [0.15, 0.2) is 9.84 Å². The summed E-state index contributed by atoms with van der Waals surface area (Å²) in [7, 11) is -2.44. The second kappa shape index (κ2) is 12.5. The molecular weight excluding hydrogens is 598 g/mol. The molecule has 9 heteroatoms. The van der Waals surface area contributed by atoms with Gasteiger partial charge in [0.1, 0.15) is 17.4 Å². The van der Waals surface area contributed by atoms with Gasteiger partial charge < -0.3 is 14.4 Å². The Morgan fingerprint density at radius 1 is 0.841 bits per heavy atom. The summed E-state index contributed by atoms with van der Waals surface area (Å²) in [6.07, 6.45) is -0.160.